The zero-order chi connectivity index (χ0) is 10.8. The van der Waals surface area contributed by atoms with Crippen molar-refractivity contribution >= 4 is 5.69 Å². The largest absolute Gasteiger partial charge is 0.399 e. The van der Waals surface area contributed by atoms with Crippen LogP contribution in [0.2, 0.25) is 0 Å². The van der Waals surface area contributed by atoms with Crippen LogP contribution < -0.4 is 11.3 Å². The Morgan fingerprint density at radius 2 is 2.00 bits per heavy atom. The summed E-state index contributed by atoms with van der Waals surface area (Å²) >= 11 is 0. The van der Waals surface area contributed by atoms with Crippen molar-refractivity contribution in [1.82, 2.24) is 4.98 Å². The maximum Gasteiger partial charge on any atom is 0.247 e. The van der Waals surface area contributed by atoms with E-state index in [-0.39, 0.29) is 5.56 Å². The molecule has 0 saturated carbocycles. The zero-order valence-electron chi connectivity index (χ0n) is 8.45. The summed E-state index contributed by atoms with van der Waals surface area (Å²) in [7, 11) is 0. The predicted octanol–water partition coefficient (Wildman–Crippen LogP) is 1.93. The van der Waals surface area contributed by atoms with Gasteiger partial charge in [0.25, 0.3) is 0 Å². The quantitative estimate of drug-likeness (QED) is 0.691. The average Bonchev–Trinajstić information content (AvgIpc) is 2.23. The van der Waals surface area contributed by atoms with Gasteiger partial charge in [0, 0.05) is 18.0 Å². The van der Waals surface area contributed by atoms with E-state index in [1.54, 1.807) is 12.3 Å². The van der Waals surface area contributed by atoms with Crippen molar-refractivity contribution < 1.29 is 0 Å². The molecule has 0 aliphatic carbocycles. The Morgan fingerprint density at radius 1 is 1.20 bits per heavy atom. The number of H-pyrrole nitrogens is 1. The lowest BCUT2D eigenvalue weighted by atomic mass is 10.0. The predicted molar refractivity (Wildman–Crippen MR) is 61.6 cm³/mol. The first kappa shape index (κ1) is 9.52. The van der Waals surface area contributed by atoms with Gasteiger partial charge >= 0.3 is 0 Å². The van der Waals surface area contributed by atoms with E-state index in [0.29, 0.717) is 0 Å². The average molecular weight is 200 g/mol. The molecule has 0 fully saturated rings. The highest BCUT2D eigenvalue weighted by Crippen LogP contribution is 2.23. The number of nitrogens with two attached hydrogens (primary N) is 1. The van der Waals surface area contributed by atoms with Crippen molar-refractivity contribution in [3.8, 4) is 11.1 Å². The van der Waals surface area contributed by atoms with Crippen LogP contribution in [0.4, 0.5) is 5.69 Å². The van der Waals surface area contributed by atoms with Gasteiger partial charge in [0.1, 0.15) is 0 Å². The highest BCUT2D eigenvalue weighted by atomic mass is 16.1. The van der Waals surface area contributed by atoms with Crippen LogP contribution in [0.5, 0.6) is 0 Å². The smallest absolute Gasteiger partial charge is 0.247 e. The fourth-order valence-corrected chi connectivity index (χ4v) is 1.53. The van der Waals surface area contributed by atoms with Gasteiger partial charge in [0.15, 0.2) is 0 Å². The number of aromatic amines is 1. The zero-order valence-corrected chi connectivity index (χ0v) is 8.45. The van der Waals surface area contributed by atoms with Crippen LogP contribution in [0.15, 0.2) is 41.3 Å². The third-order valence-electron chi connectivity index (χ3n) is 2.36. The van der Waals surface area contributed by atoms with Gasteiger partial charge in [-0.15, -0.1) is 0 Å². The molecule has 1 aromatic carbocycles. The van der Waals surface area contributed by atoms with Crippen molar-refractivity contribution in [3.63, 3.8) is 0 Å². The summed E-state index contributed by atoms with van der Waals surface area (Å²) in [6, 6.07) is 9.04. The molecule has 0 unspecified atom stereocenters. The van der Waals surface area contributed by atoms with E-state index in [0.717, 1.165) is 22.4 Å². The molecular weight excluding hydrogens is 188 g/mol. The monoisotopic (exact) mass is 200 g/mol. The normalized spacial score (nSPS) is 10.2. The maximum absolute atomic E-state index is 10.9. The van der Waals surface area contributed by atoms with Gasteiger partial charge in [0.2, 0.25) is 5.56 Å². The second-order valence-corrected chi connectivity index (χ2v) is 3.52. The molecular formula is C12H12N2O. The number of aryl methyl sites for hydroxylation is 1. The molecule has 0 bridgehead atoms. The van der Waals surface area contributed by atoms with E-state index in [9.17, 15) is 4.79 Å². The van der Waals surface area contributed by atoms with Crippen LogP contribution >= 0.6 is 0 Å². The minimum Gasteiger partial charge on any atom is -0.399 e. The third kappa shape index (κ3) is 1.91. The van der Waals surface area contributed by atoms with Gasteiger partial charge in [-0.05, 0) is 41.8 Å². The number of anilines is 1. The molecule has 76 valence electrons. The Bertz CT molecular complexity index is 523. The van der Waals surface area contributed by atoms with E-state index in [1.807, 2.05) is 25.1 Å². The first-order chi connectivity index (χ1) is 7.16. The van der Waals surface area contributed by atoms with Gasteiger partial charge in [-0.1, -0.05) is 6.07 Å². The summed E-state index contributed by atoms with van der Waals surface area (Å²) in [5, 5.41) is 0. The topological polar surface area (TPSA) is 58.9 Å². The number of hydrogen-bond donors (Lipinski definition) is 2. The van der Waals surface area contributed by atoms with E-state index in [1.165, 1.54) is 6.07 Å². The van der Waals surface area contributed by atoms with Gasteiger partial charge in [-0.2, -0.15) is 0 Å². The van der Waals surface area contributed by atoms with Crippen LogP contribution in [-0.2, 0) is 0 Å². The summed E-state index contributed by atoms with van der Waals surface area (Å²) in [4.78, 5) is 13.6. The van der Waals surface area contributed by atoms with E-state index < -0.39 is 0 Å². The number of benzene rings is 1. The summed E-state index contributed by atoms with van der Waals surface area (Å²) in [5.74, 6) is 0. The van der Waals surface area contributed by atoms with Crippen LogP contribution in [0.1, 0.15) is 5.56 Å². The molecule has 0 aliphatic rings. The molecule has 3 nitrogen and oxygen atoms in total. The molecule has 0 aliphatic heterocycles. The summed E-state index contributed by atoms with van der Waals surface area (Å²) in [6.45, 7) is 2.01. The number of aromatic nitrogens is 1. The highest BCUT2D eigenvalue weighted by Gasteiger charge is 2.01. The molecule has 0 amide bonds. The SMILES string of the molecule is Cc1ccc(N)cc1-c1ccc(=O)[nH]c1. The first-order valence-corrected chi connectivity index (χ1v) is 4.72. The Morgan fingerprint density at radius 3 is 2.67 bits per heavy atom. The van der Waals surface area contributed by atoms with Crippen LogP contribution in [0.25, 0.3) is 11.1 Å². The van der Waals surface area contributed by atoms with Gasteiger partial charge < -0.3 is 10.7 Å². The summed E-state index contributed by atoms with van der Waals surface area (Å²) in [6.07, 6.45) is 1.70. The van der Waals surface area contributed by atoms with E-state index in [4.69, 9.17) is 5.73 Å². The Kier molecular flexibility index (Phi) is 2.29. The molecule has 2 aromatic rings. The second kappa shape index (κ2) is 3.61. The number of nitrogen functional groups attached to an aromatic ring is 1. The van der Waals surface area contributed by atoms with Gasteiger partial charge in [0.05, 0.1) is 0 Å². The molecule has 2 rings (SSSR count). The minimum atomic E-state index is -0.0969. The molecule has 1 heterocycles. The molecule has 0 atom stereocenters. The number of pyridine rings is 1. The number of rotatable bonds is 1. The van der Waals surface area contributed by atoms with Gasteiger partial charge in [-0.3, -0.25) is 4.79 Å². The van der Waals surface area contributed by atoms with E-state index >= 15 is 0 Å². The lowest BCUT2D eigenvalue weighted by molar-refractivity contribution is 1.24. The Balaban J connectivity index is 2.58. The van der Waals surface area contributed by atoms with E-state index in [2.05, 4.69) is 4.98 Å². The highest BCUT2D eigenvalue weighted by molar-refractivity contribution is 5.69. The molecule has 15 heavy (non-hydrogen) atoms. The Labute approximate surface area is 87.6 Å². The molecule has 3 N–H and O–H groups in total. The molecule has 0 spiro atoms. The number of hydrogen-bond acceptors (Lipinski definition) is 2. The van der Waals surface area contributed by atoms with Crippen molar-refractivity contribution in [1.29, 1.82) is 0 Å². The lowest BCUT2D eigenvalue weighted by Gasteiger charge is -2.06. The lowest BCUT2D eigenvalue weighted by Crippen LogP contribution is -2.01. The van der Waals surface area contributed by atoms with Crippen LogP contribution in [-0.4, -0.2) is 4.98 Å². The van der Waals surface area contributed by atoms with Crippen molar-refractivity contribution in [3.05, 3.63) is 52.4 Å². The van der Waals surface area contributed by atoms with Crippen molar-refractivity contribution in [2.24, 2.45) is 0 Å². The molecule has 3 heteroatoms. The van der Waals surface area contributed by atoms with Crippen LogP contribution in [0.3, 0.4) is 0 Å². The number of nitrogens with one attached hydrogen (secondary N) is 1. The standard InChI is InChI=1S/C12H12N2O/c1-8-2-4-10(13)6-11(8)9-3-5-12(15)14-7-9/h2-7H,13H2,1H3,(H,14,15). The first-order valence-electron chi connectivity index (χ1n) is 4.72. The maximum atomic E-state index is 10.9. The summed E-state index contributed by atoms with van der Waals surface area (Å²) in [5.41, 5.74) is 9.50. The third-order valence-corrected chi connectivity index (χ3v) is 2.36. The van der Waals surface area contributed by atoms with Gasteiger partial charge in [-0.25, -0.2) is 0 Å². The second-order valence-electron chi connectivity index (χ2n) is 3.52. The van der Waals surface area contributed by atoms with Crippen molar-refractivity contribution in [2.75, 3.05) is 5.73 Å². The fraction of sp³-hybridized carbons (Fsp3) is 0.0833. The summed E-state index contributed by atoms with van der Waals surface area (Å²) < 4.78 is 0. The minimum absolute atomic E-state index is 0.0969. The molecule has 1 aromatic heterocycles. The van der Waals surface area contributed by atoms with Crippen molar-refractivity contribution in [2.45, 2.75) is 6.92 Å². The van der Waals surface area contributed by atoms with Crippen LogP contribution in [0, 0.1) is 6.92 Å². The molecule has 0 saturated heterocycles. The fourth-order valence-electron chi connectivity index (χ4n) is 1.53. The Hall–Kier alpha value is -2.03. The molecule has 0 radical (unpaired) electrons.